The van der Waals surface area contributed by atoms with Crippen LogP contribution >= 0.6 is 0 Å². The Hall–Kier alpha value is -3.32. The lowest BCUT2D eigenvalue weighted by Crippen LogP contribution is -2.44. The molecular formula is C22H18N2O5. The predicted molar refractivity (Wildman–Crippen MR) is 105 cm³/mol. The molecule has 5 rings (SSSR count). The van der Waals surface area contributed by atoms with E-state index in [9.17, 15) is 19.5 Å². The molecule has 1 atom stereocenters. The lowest BCUT2D eigenvalue weighted by atomic mass is 9.86. The summed E-state index contributed by atoms with van der Waals surface area (Å²) in [6.45, 7) is 3.37. The SMILES string of the molecule is CCC1(O)C(=O)OCc2c1cc1n(c2=O)Cc2cc3cc(C(C)=O)ccc3nc2-1. The maximum absolute atomic E-state index is 13.1. The third-order valence-corrected chi connectivity index (χ3v) is 5.91. The molecule has 7 heteroatoms. The average molecular weight is 390 g/mol. The number of aliphatic hydroxyl groups is 1. The smallest absolute Gasteiger partial charge is 0.343 e. The van der Waals surface area contributed by atoms with Gasteiger partial charge in [-0.15, -0.1) is 0 Å². The van der Waals surface area contributed by atoms with Gasteiger partial charge in [0.25, 0.3) is 5.56 Å². The third kappa shape index (κ3) is 2.34. The van der Waals surface area contributed by atoms with Crippen LogP contribution in [0.15, 0.2) is 35.1 Å². The minimum atomic E-state index is -1.83. The fourth-order valence-electron chi connectivity index (χ4n) is 4.20. The first-order valence-corrected chi connectivity index (χ1v) is 9.45. The molecule has 2 aromatic heterocycles. The molecule has 2 aliphatic rings. The van der Waals surface area contributed by atoms with Crippen LogP contribution in [0.25, 0.3) is 22.3 Å². The van der Waals surface area contributed by atoms with Crippen molar-refractivity contribution >= 4 is 22.7 Å². The topological polar surface area (TPSA) is 98.5 Å². The fourth-order valence-corrected chi connectivity index (χ4v) is 4.20. The minimum absolute atomic E-state index is 0.0249. The van der Waals surface area contributed by atoms with Crippen LogP contribution in [0.4, 0.5) is 0 Å². The quantitative estimate of drug-likeness (QED) is 0.417. The van der Waals surface area contributed by atoms with Gasteiger partial charge in [-0.05, 0) is 43.7 Å². The second kappa shape index (κ2) is 5.84. The van der Waals surface area contributed by atoms with Crippen molar-refractivity contribution in [1.29, 1.82) is 0 Å². The first-order valence-electron chi connectivity index (χ1n) is 9.45. The van der Waals surface area contributed by atoms with E-state index in [-0.39, 0.29) is 24.4 Å². The highest BCUT2D eigenvalue weighted by Gasteiger charge is 2.45. The number of pyridine rings is 2. The lowest BCUT2D eigenvalue weighted by Gasteiger charge is -2.31. The molecule has 3 aromatic rings. The minimum Gasteiger partial charge on any atom is -0.458 e. The molecular weight excluding hydrogens is 372 g/mol. The van der Waals surface area contributed by atoms with Gasteiger partial charge in [-0.1, -0.05) is 6.92 Å². The Morgan fingerprint density at radius 2 is 2.07 bits per heavy atom. The predicted octanol–water partition coefficient (Wildman–Crippen LogP) is 2.28. The first kappa shape index (κ1) is 17.8. The van der Waals surface area contributed by atoms with Crippen molar-refractivity contribution in [2.75, 3.05) is 0 Å². The highest BCUT2D eigenvalue weighted by molar-refractivity contribution is 5.98. The molecule has 7 nitrogen and oxygen atoms in total. The summed E-state index contributed by atoms with van der Waals surface area (Å²) in [5, 5.41) is 11.7. The number of fused-ring (bicyclic) bond motifs is 5. The van der Waals surface area contributed by atoms with Gasteiger partial charge in [-0.25, -0.2) is 9.78 Å². The maximum atomic E-state index is 13.1. The van der Waals surface area contributed by atoms with Crippen LogP contribution in [-0.4, -0.2) is 26.4 Å². The van der Waals surface area contributed by atoms with Gasteiger partial charge in [0, 0.05) is 22.1 Å². The van der Waals surface area contributed by atoms with E-state index in [2.05, 4.69) is 0 Å². The van der Waals surface area contributed by atoms with Gasteiger partial charge >= 0.3 is 5.97 Å². The zero-order valence-electron chi connectivity index (χ0n) is 16.0. The number of ether oxygens (including phenoxy) is 1. The fraction of sp³-hybridized carbons (Fsp3) is 0.273. The molecule has 0 fully saturated rings. The monoisotopic (exact) mass is 390 g/mol. The van der Waals surface area contributed by atoms with Crippen molar-refractivity contribution in [3.8, 4) is 11.4 Å². The van der Waals surface area contributed by atoms with E-state index in [1.54, 1.807) is 35.8 Å². The van der Waals surface area contributed by atoms with Crippen LogP contribution in [0, 0.1) is 0 Å². The molecule has 0 saturated carbocycles. The summed E-state index contributed by atoms with van der Waals surface area (Å²) in [6.07, 6.45) is 0.105. The number of cyclic esters (lactones) is 1. The number of benzene rings is 1. The number of Topliss-reactive ketones (excluding diaryl/α,β-unsaturated/α-hetero) is 1. The van der Waals surface area contributed by atoms with Gasteiger partial charge in [0.1, 0.15) is 6.61 Å². The van der Waals surface area contributed by atoms with Crippen LogP contribution < -0.4 is 5.56 Å². The molecule has 146 valence electrons. The molecule has 0 amide bonds. The van der Waals surface area contributed by atoms with E-state index >= 15 is 0 Å². The molecule has 0 spiro atoms. The Labute approximate surface area is 165 Å². The summed E-state index contributed by atoms with van der Waals surface area (Å²) in [5.74, 6) is -0.763. The lowest BCUT2D eigenvalue weighted by molar-refractivity contribution is -0.172. The molecule has 4 heterocycles. The summed E-state index contributed by atoms with van der Waals surface area (Å²) in [7, 11) is 0. The summed E-state index contributed by atoms with van der Waals surface area (Å²) in [6, 6.07) is 8.93. The Morgan fingerprint density at radius 3 is 2.79 bits per heavy atom. The number of aromatic nitrogens is 2. The first-order chi connectivity index (χ1) is 13.8. The van der Waals surface area contributed by atoms with Gasteiger partial charge in [-0.3, -0.25) is 9.59 Å². The highest BCUT2D eigenvalue weighted by atomic mass is 16.6. The molecule has 2 aliphatic heterocycles. The van der Waals surface area contributed by atoms with Gasteiger partial charge in [0.15, 0.2) is 11.4 Å². The number of hydrogen-bond donors (Lipinski definition) is 1. The number of rotatable bonds is 2. The Bertz CT molecular complexity index is 1310. The van der Waals surface area contributed by atoms with Crippen LogP contribution in [0.2, 0.25) is 0 Å². The number of carbonyl (C=O) groups is 2. The average Bonchev–Trinajstić information content (AvgIpc) is 3.07. The highest BCUT2D eigenvalue weighted by Crippen LogP contribution is 2.38. The largest absolute Gasteiger partial charge is 0.458 e. The van der Waals surface area contributed by atoms with E-state index in [1.807, 2.05) is 6.07 Å². The number of hydrogen-bond acceptors (Lipinski definition) is 6. The van der Waals surface area contributed by atoms with Crippen molar-refractivity contribution in [1.82, 2.24) is 9.55 Å². The van der Waals surface area contributed by atoms with Crippen LogP contribution in [0.1, 0.15) is 47.3 Å². The summed E-state index contributed by atoms with van der Waals surface area (Å²) in [4.78, 5) is 41.7. The Balaban J connectivity index is 1.75. The molecule has 1 aromatic carbocycles. The zero-order valence-corrected chi connectivity index (χ0v) is 16.0. The van der Waals surface area contributed by atoms with Crippen LogP contribution in [0.5, 0.6) is 0 Å². The molecule has 1 unspecified atom stereocenters. The van der Waals surface area contributed by atoms with Crippen molar-refractivity contribution in [2.24, 2.45) is 0 Å². The second-order valence-corrected chi connectivity index (χ2v) is 7.56. The zero-order chi connectivity index (χ0) is 20.5. The van der Waals surface area contributed by atoms with E-state index in [1.165, 1.54) is 6.92 Å². The van der Waals surface area contributed by atoms with E-state index in [4.69, 9.17) is 9.72 Å². The second-order valence-electron chi connectivity index (χ2n) is 7.56. The van der Waals surface area contributed by atoms with E-state index < -0.39 is 11.6 Å². The van der Waals surface area contributed by atoms with Gasteiger partial charge < -0.3 is 14.4 Å². The summed E-state index contributed by atoms with van der Waals surface area (Å²) < 4.78 is 6.67. The van der Waals surface area contributed by atoms with Gasteiger partial charge in [-0.2, -0.15) is 0 Å². The van der Waals surface area contributed by atoms with Crippen LogP contribution in [-0.2, 0) is 28.3 Å². The van der Waals surface area contributed by atoms with E-state index in [0.717, 1.165) is 10.9 Å². The molecule has 0 radical (unpaired) electrons. The summed E-state index contributed by atoms with van der Waals surface area (Å²) in [5.41, 5.74) is 1.85. The number of esters is 1. The molecule has 0 aliphatic carbocycles. The van der Waals surface area contributed by atoms with Crippen molar-refractivity contribution < 1.29 is 19.4 Å². The number of carbonyl (C=O) groups excluding carboxylic acids is 2. The van der Waals surface area contributed by atoms with Crippen LogP contribution in [0.3, 0.4) is 0 Å². The normalized spacial score (nSPS) is 19.5. The van der Waals surface area contributed by atoms with Crippen molar-refractivity contribution in [3.63, 3.8) is 0 Å². The van der Waals surface area contributed by atoms with E-state index in [0.29, 0.717) is 40.1 Å². The third-order valence-electron chi connectivity index (χ3n) is 5.91. The Morgan fingerprint density at radius 1 is 1.28 bits per heavy atom. The van der Waals surface area contributed by atoms with Crippen molar-refractivity contribution in [2.45, 2.75) is 39.0 Å². The maximum Gasteiger partial charge on any atom is 0.343 e. The standard InChI is InChI=1S/C22H18N2O5/c1-3-22(28)16-8-18-19-14(9-24(18)20(26)15(16)10-29-21(22)27)7-13-6-12(11(2)25)4-5-17(13)23-19/h4-8,28H,3,9-10H2,1-2H3. The number of nitrogens with zero attached hydrogens (tertiary/aromatic N) is 2. The van der Waals surface area contributed by atoms with Crippen molar-refractivity contribution in [3.05, 3.63) is 62.9 Å². The molecule has 29 heavy (non-hydrogen) atoms. The molecule has 0 saturated heterocycles. The molecule has 0 bridgehead atoms. The molecule has 1 N–H and O–H groups in total. The number of ketones is 1. The Kier molecular flexibility index (Phi) is 3.58. The van der Waals surface area contributed by atoms with Gasteiger partial charge in [0.05, 0.1) is 29.0 Å². The summed E-state index contributed by atoms with van der Waals surface area (Å²) >= 11 is 0. The van der Waals surface area contributed by atoms with Gasteiger partial charge in [0.2, 0.25) is 0 Å².